The Balaban J connectivity index is 1.70. The summed E-state index contributed by atoms with van der Waals surface area (Å²) in [5.41, 5.74) is 0.811. The second kappa shape index (κ2) is 9.02. The minimum absolute atomic E-state index is 0.0513. The molecular formula is C16H18ClN3O4. The normalized spacial score (nSPS) is 10.5. The Kier molecular flexibility index (Phi) is 6.74. The van der Waals surface area contributed by atoms with Crippen LogP contribution in [-0.2, 0) is 16.0 Å². The maximum atomic E-state index is 11.6. The van der Waals surface area contributed by atoms with Crippen molar-refractivity contribution in [2.24, 2.45) is 0 Å². The van der Waals surface area contributed by atoms with E-state index in [4.69, 9.17) is 21.2 Å². The zero-order valence-corrected chi connectivity index (χ0v) is 13.8. The predicted octanol–water partition coefficient (Wildman–Crippen LogP) is 2.69. The Morgan fingerprint density at radius 1 is 1.17 bits per heavy atom. The monoisotopic (exact) mass is 351 g/mol. The number of benzene rings is 1. The fraction of sp³-hybridized carbons (Fsp3) is 0.375. The van der Waals surface area contributed by atoms with Gasteiger partial charge in [0.1, 0.15) is 0 Å². The topological polar surface area (TPSA) is 105 Å². The third-order valence-corrected chi connectivity index (χ3v) is 3.51. The predicted molar refractivity (Wildman–Crippen MR) is 87.6 cm³/mol. The van der Waals surface area contributed by atoms with Crippen molar-refractivity contribution >= 4 is 23.5 Å². The largest absolute Gasteiger partial charge is 0.481 e. The van der Waals surface area contributed by atoms with E-state index in [0.29, 0.717) is 49.0 Å². The number of nitrogens with zero attached hydrogens (tertiary/aromatic N) is 2. The fourth-order valence-electron chi connectivity index (χ4n) is 2.03. The number of carbonyl (C=O) groups excluding carboxylic acids is 1. The van der Waals surface area contributed by atoms with Gasteiger partial charge in [0, 0.05) is 36.4 Å². The second-order valence-corrected chi connectivity index (χ2v) is 5.66. The van der Waals surface area contributed by atoms with Crippen molar-refractivity contribution in [2.75, 3.05) is 6.54 Å². The molecule has 0 unspecified atom stereocenters. The number of aliphatic carboxylic acids is 1. The Hall–Kier alpha value is -2.41. The molecule has 128 valence electrons. The first-order chi connectivity index (χ1) is 11.5. The Morgan fingerprint density at radius 3 is 2.62 bits per heavy atom. The molecule has 24 heavy (non-hydrogen) atoms. The molecule has 0 aliphatic carbocycles. The molecule has 0 fully saturated rings. The fourth-order valence-corrected chi connectivity index (χ4v) is 2.15. The number of nitrogens with one attached hydrogen (secondary N) is 1. The highest BCUT2D eigenvalue weighted by molar-refractivity contribution is 6.30. The third kappa shape index (κ3) is 6.00. The molecular weight excluding hydrogens is 334 g/mol. The van der Waals surface area contributed by atoms with Crippen molar-refractivity contribution in [1.82, 2.24) is 15.5 Å². The van der Waals surface area contributed by atoms with Crippen LogP contribution in [0.25, 0.3) is 11.4 Å². The molecule has 1 heterocycles. The van der Waals surface area contributed by atoms with E-state index >= 15 is 0 Å². The van der Waals surface area contributed by atoms with Gasteiger partial charge < -0.3 is 14.9 Å². The van der Waals surface area contributed by atoms with Crippen molar-refractivity contribution in [3.05, 3.63) is 35.2 Å². The molecule has 0 radical (unpaired) electrons. The molecule has 8 heteroatoms. The molecule has 0 aliphatic heterocycles. The number of halogens is 1. The van der Waals surface area contributed by atoms with Crippen LogP contribution < -0.4 is 5.32 Å². The zero-order valence-electron chi connectivity index (χ0n) is 13.0. The average Bonchev–Trinajstić information content (AvgIpc) is 3.01. The van der Waals surface area contributed by atoms with Crippen molar-refractivity contribution in [1.29, 1.82) is 0 Å². The quantitative estimate of drug-likeness (QED) is 0.673. The molecule has 0 bridgehead atoms. The van der Waals surface area contributed by atoms with Gasteiger partial charge in [-0.3, -0.25) is 9.59 Å². The molecule has 0 atom stereocenters. The van der Waals surface area contributed by atoms with Gasteiger partial charge in [0.25, 0.3) is 0 Å². The highest BCUT2D eigenvalue weighted by Crippen LogP contribution is 2.19. The van der Waals surface area contributed by atoms with E-state index in [9.17, 15) is 9.59 Å². The SMILES string of the molecule is O=C(O)CCCNC(=O)CCCc1nc(-c2ccc(Cl)cc2)no1. The molecule has 2 N–H and O–H groups in total. The Bertz CT molecular complexity index is 685. The number of carbonyl (C=O) groups is 2. The van der Waals surface area contributed by atoms with Crippen LogP contribution in [0.4, 0.5) is 0 Å². The van der Waals surface area contributed by atoms with E-state index in [0.717, 1.165) is 5.56 Å². The van der Waals surface area contributed by atoms with Crippen molar-refractivity contribution in [2.45, 2.75) is 32.1 Å². The van der Waals surface area contributed by atoms with Crippen LogP contribution in [0.1, 0.15) is 31.6 Å². The van der Waals surface area contributed by atoms with Crippen molar-refractivity contribution in [3.8, 4) is 11.4 Å². The van der Waals surface area contributed by atoms with Crippen molar-refractivity contribution in [3.63, 3.8) is 0 Å². The van der Waals surface area contributed by atoms with E-state index in [2.05, 4.69) is 15.5 Å². The van der Waals surface area contributed by atoms with Gasteiger partial charge in [-0.05, 0) is 37.1 Å². The smallest absolute Gasteiger partial charge is 0.303 e. The summed E-state index contributed by atoms with van der Waals surface area (Å²) in [6.45, 7) is 0.367. The number of hydrogen-bond donors (Lipinski definition) is 2. The van der Waals surface area contributed by atoms with E-state index in [-0.39, 0.29) is 12.3 Å². The van der Waals surface area contributed by atoms with Crippen LogP contribution in [-0.4, -0.2) is 33.7 Å². The summed E-state index contributed by atoms with van der Waals surface area (Å²) in [6, 6.07) is 7.12. The number of aryl methyl sites for hydroxylation is 1. The van der Waals surface area contributed by atoms with Gasteiger partial charge in [-0.2, -0.15) is 4.98 Å². The number of aromatic nitrogens is 2. The lowest BCUT2D eigenvalue weighted by Crippen LogP contribution is -2.24. The summed E-state index contributed by atoms with van der Waals surface area (Å²) in [7, 11) is 0. The average molecular weight is 352 g/mol. The lowest BCUT2D eigenvalue weighted by Gasteiger charge is -2.02. The van der Waals surface area contributed by atoms with Crippen LogP contribution >= 0.6 is 11.6 Å². The van der Waals surface area contributed by atoms with E-state index < -0.39 is 5.97 Å². The molecule has 2 aromatic rings. The molecule has 7 nitrogen and oxygen atoms in total. The lowest BCUT2D eigenvalue weighted by atomic mass is 10.2. The Labute approximate surface area is 144 Å². The first kappa shape index (κ1) is 17.9. The maximum Gasteiger partial charge on any atom is 0.303 e. The Morgan fingerprint density at radius 2 is 1.92 bits per heavy atom. The van der Waals surface area contributed by atoms with E-state index in [1.54, 1.807) is 12.1 Å². The summed E-state index contributed by atoms with van der Waals surface area (Å²) in [5, 5.41) is 15.7. The summed E-state index contributed by atoms with van der Waals surface area (Å²) in [6.07, 6.45) is 1.88. The molecule has 0 saturated heterocycles. The summed E-state index contributed by atoms with van der Waals surface area (Å²) in [5.74, 6) is -0.0200. The third-order valence-electron chi connectivity index (χ3n) is 3.25. The van der Waals surface area contributed by atoms with Crippen LogP contribution in [0.5, 0.6) is 0 Å². The van der Waals surface area contributed by atoms with Gasteiger partial charge in [0.15, 0.2) is 0 Å². The molecule has 1 amide bonds. The van der Waals surface area contributed by atoms with Gasteiger partial charge in [-0.15, -0.1) is 0 Å². The number of carboxylic acid groups (broad SMARTS) is 1. The first-order valence-electron chi connectivity index (χ1n) is 7.61. The highest BCUT2D eigenvalue weighted by Gasteiger charge is 2.09. The maximum absolute atomic E-state index is 11.6. The van der Waals surface area contributed by atoms with Crippen molar-refractivity contribution < 1.29 is 19.2 Å². The lowest BCUT2D eigenvalue weighted by molar-refractivity contribution is -0.137. The van der Waals surface area contributed by atoms with E-state index in [1.807, 2.05) is 12.1 Å². The number of amides is 1. The van der Waals surface area contributed by atoms with Crippen LogP contribution in [0.2, 0.25) is 5.02 Å². The standard InChI is InChI=1S/C16H18ClN3O4/c17-12-8-6-11(7-9-12)16-19-14(24-20-16)4-1-3-13(21)18-10-2-5-15(22)23/h6-9H,1-5,10H2,(H,18,21)(H,22,23). The number of carboxylic acids is 1. The molecule has 0 saturated carbocycles. The molecule has 0 aliphatic rings. The summed E-state index contributed by atoms with van der Waals surface area (Å²) in [4.78, 5) is 26.2. The highest BCUT2D eigenvalue weighted by atomic mass is 35.5. The van der Waals surface area contributed by atoms with Crippen LogP contribution in [0, 0.1) is 0 Å². The summed E-state index contributed by atoms with van der Waals surface area (Å²) < 4.78 is 5.16. The minimum Gasteiger partial charge on any atom is -0.481 e. The van der Waals surface area contributed by atoms with Crippen LogP contribution in [0.15, 0.2) is 28.8 Å². The van der Waals surface area contributed by atoms with Crippen LogP contribution in [0.3, 0.4) is 0 Å². The molecule has 0 spiro atoms. The van der Waals surface area contributed by atoms with Gasteiger partial charge in [-0.25, -0.2) is 0 Å². The first-order valence-corrected chi connectivity index (χ1v) is 7.99. The molecule has 2 rings (SSSR count). The zero-order chi connectivity index (χ0) is 17.4. The summed E-state index contributed by atoms with van der Waals surface area (Å²) >= 11 is 5.83. The molecule has 1 aromatic heterocycles. The number of hydrogen-bond acceptors (Lipinski definition) is 5. The number of rotatable bonds is 9. The van der Waals surface area contributed by atoms with Gasteiger partial charge in [0.2, 0.25) is 17.6 Å². The van der Waals surface area contributed by atoms with Gasteiger partial charge in [-0.1, -0.05) is 16.8 Å². The molecule has 1 aromatic carbocycles. The minimum atomic E-state index is -0.864. The second-order valence-electron chi connectivity index (χ2n) is 5.22. The van der Waals surface area contributed by atoms with Gasteiger partial charge >= 0.3 is 5.97 Å². The van der Waals surface area contributed by atoms with E-state index in [1.165, 1.54) is 0 Å². The van der Waals surface area contributed by atoms with Gasteiger partial charge in [0.05, 0.1) is 0 Å².